The van der Waals surface area contributed by atoms with Gasteiger partial charge in [-0.3, -0.25) is 4.57 Å². The first-order valence-electron chi connectivity index (χ1n) is 6.95. The van der Waals surface area contributed by atoms with E-state index in [4.69, 9.17) is 0 Å². The van der Waals surface area contributed by atoms with Gasteiger partial charge in [0.05, 0.1) is 6.54 Å². The molecule has 1 saturated heterocycles. The van der Waals surface area contributed by atoms with Gasteiger partial charge in [-0.15, -0.1) is 11.3 Å². The minimum Gasteiger partial charge on any atom is -0.320 e. The van der Waals surface area contributed by atoms with Crippen molar-refractivity contribution in [2.24, 2.45) is 4.99 Å². The smallest absolute Gasteiger partial charge is 0.320 e. The van der Waals surface area contributed by atoms with E-state index in [0.29, 0.717) is 17.8 Å². The van der Waals surface area contributed by atoms with Crippen LogP contribution in [0.3, 0.4) is 0 Å². The molecule has 4 nitrogen and oxygen atoms in total. The van der Waals surface area contributed by atoms with Crippen molar-refractivity contribution < 1.29 is 9.18 Å². The van der Waals surface area contributed by atoms with Crippen LogP contribution < -0.4 is 4.80 Å². The van der Waals surface area contributed by atoms with E-state index < -0.39 is 6.17 Å². The number of aryl methyl sites for hydroxylation is 1. The van der Waals surface area contributed by atoms with E-state index in [9.17, 15) is 9.18 Å². The van der Waals surface area contributed by atoms with Crippen LogP contribution >= 0.6 is 33.9 Å². The third-order valence-electron chi connectivity index (χ3n) is 3.47. The van der Waals surface area contributed by atoms with Gasteiger partial charge in [-0.25, -0.2) is 9.18 Å². The molecule has 1 aromatic heterocycles. The van der Waals surface area contributed by atoms with Gasteiger partial charge in [0.2, 0.25) is 0 Å². The Balaban J connectivity index is 1.95. The number of hydrogen-bond acceptors (Lipinski definition) is 2. The fraction of sp³-hybridized carbons (Fsp3) is 0.333. The van der Waals surface area contributed by atoms with E-state index in [0.717, 1.165) is 14.1 Å². The van der Waals surface area contributed by atoms with Gasteiger partial charge in [0, 0.05) is 26.9 Å². The van der Waals surface area contributed by atoms with Crippen molar-refractivity contribution in [1.29, 1.82) is 0 Å². The molecule has 116 valence electrons. The molecule has 0 bridgehead atoms. The predicted molar refractivity (Wildman–Crippen MR) is 93.1 cm³/mol. The van der Waals surface area contributed by atoms with Gasteiger partial charge in [-0.1, -0.05) is 0 Å². The minimum atomic E-state index is -0.924. The van der Waals surface area contributed by atoms with Crippen LogP contribution in [0.5, 0.6) is 0 Å². The second-order valence-electron chi connectivity index (χ2n) is 5.20. The van der Waals surface area contributed by atoms with E-state index in [2.05, 4.69) is 27.6 Å². The Bertz CT molecular complexity index is 753. The minimum absolute atomic E-state index is 0.149. The Morgan fingerprint density at radius 3 is 2.77 bits per heavy atom. The van der Waals surface area contributed by atoms with E-state index in [-0.39, 0.29) is 12.6 Å². The molecule has 0 aliphatic carbocycles. The molecule has 3 rings (SSSR count). The molecule has 7 heteroatoms. The van der Waals surface area contributed by atoms with Crippen molar-refractivity contribution in [1.82, 2.24) is 9.47 Å². The summed E-state index contributed by atoms with van der Waals surface area (Å²) in [6.07, 6.45) is 1.44. The van der Waals surface area contributed by atoms with Gasteiger partial charge < -0.3 is 4.90 Å². The van der Waals surface area contributed by atoms with E-state index >= 15 is 0 Å². The van der Waals surface area contributed by atoms with Crippen molar-refractivity contribution in [3.05, 3.63) is 43.7 Å². The van der Waals surface area contributed by atoms with Crippen LogP contribution in [0.2, 0.25) is 0 Å². The highest BCUT2D eigenvalue weighted by Gasteiger charge is 2.25. The summed E-state index contributed by atoms with van der Waals surface area (Å²) >= 11 is 3.71. The first-order chi connectivity index (χ1) is 10.5. The lowest BCUT2D eigenvalue weighted by Gasteiger charge is -2.10. The third kappa shape index (κ3) is 3.40. The number of thiazole rings is 1. The van der Waals surface area contributed by atoms with Gasteiger partial charge in [-0.2, -0.15) is 4.99 Å². The van der Waals surface area contributed by atoms with Crippen LogP contribution in [0.1, 0.15) is 11.3 Å². The lowest BCUT2D eigenvalue weighted by Crippen LogP contribution is -2.28. The number of aromatic nitrogens is 1. The Kier molecular flexibility index (Phi) is 4.62. The highest BCUT2D eigenvalue weighted by atomic mass is 127. The number of likely N-dealkylation sites (tertiary alicyclic amines) is 1. The van der Waals surface area contributed by atoms with Gasteiger partial charge in [0.15, 0.2) is 4.80 Å². The molecular weight excluding hydrogens is 416 g/mol. The molecule has 1 atom stereocenters. The molecule has 1 aliphatic rings. The molecule has 1 fully saturated rings. The number of amides is 2. The SMILES string of the molecule is Cc1cn(-c2ccc(I)cc2)/c(=N/C(=O)N2CC[C@@H](F)C2)s1. The van der Waals surface area contributed by atoms with Crippen LogP contribution in [0, 0.1) is 10.5 Å². The summed E-state index contributed by atoms with van der Waals surface area (Å²) < 4.78 is 16.3. The highest BCUT2D eigenvalue weighted by molar-refractivity contribution is 14.1. The van der Waals surface area contributed by atoms with Crippen molar-refractivity contribution >= 4 is 40.0 Å². The zero-order valence-corrected chi connectivity index (χ0v) is 15.0. The maximum absolute atomic E-state index is 13.2. The molecule has 2 aromatic rings. The largest absolute Gasteiger partial charge is 0.346 e. The Hall–Kier alpha value is -1.22. The maximum Gasteiger partial charge on any atom is 0.346 e. The highest BCUT2D eigenvalue weighted by Crippen LogP contribution is 2.15. The lowest BCUT2D eigenvalue weighted by molar-refractivity contribution is 0.213. The summed E-state index contributed by atoms with van der Waals surface area (Å²) in [6.45, 7) is 2.57. The van der Waals surface area contributed by atoms with Crippen LogP contribution in [0.4, 0.5) is 9.18 Å². The summed E-state index contributed by atoms with van der Waals surface area (Å²) in [5.74, 6) is 0. The van der Waals surface area contributed by atoms with E-state index in [1.54, 1.807) is 0 Å². The van der Waals surface area contributed by atoms with Crippen LogP contribution in [-0.4, -0.2) is 34.8 Å². The standard InChI is InChI=1S/C15H15FIN3OS/c1-10-8-20(13-4-2-12(17)3-5-13)15(22-10)18-14(21)19-7-6-11(16)9-19/h2-5,8,11H,6-7,9H2,1H3/b18-15-/t11-/m1/s1. The fourth-order valence-electron chi connectivity index (χ4n) is 2.36. The normalized spacial score (nSPS) is 19.0. The van der Waals surface area contributed by atoms with Gasteiger partial charge in [0.25, 0.3) is 0 Å². The van der Waals surface area contributed by atoms with Gasteiger partial charge in [0.1, 0.15) is 6.17 Å². The van der Waals surface area contributed by atoms with Crippen molar-refractivity contribution in [3.63, 3.8) is 0 Å². The summed E-state index contributed by atoms with van der Waals surface area (Å²) in [5.41, 5.74) is 0.959. The number of nitrogens with zero attached hydrogens (tertiary/aromatic N) is 3. The first kappa shape index (κ1) is 15.7. The molecule has 0 N–H and O–H groups in total. The van der Waals surface area contributed by atoms with Gasteiger partial charge >= 0.3 is 6.03 Å². The molecule has 1 aliphatic heterocycles. The molecule has 2 amide bonds. The molecule has 1 aromatic carbocycles. The van der Waals surface area contributed by atoms with Crippen LogP contribution in [-0.2, 0) is 0 Å². The second kappa shape index (κ2) is 6.49. The second-order valence-corrected chi connectivity index (χ2v) is 7.66. The molecular formula is C15H15FIN3OS. The van der Waals surface area contributed by atoms with Crippen molar-refractivity contribution in [2.45, 2.75) is 19.5 Å². The number of alkyl halides is 1. The van der Waals surface area contributed by atoms with Gasteiger partial charge in [-0.05, 0) is 60.2 Å². The first-order valence-corrected chi connectivity index (χ1v) is 8.85. The van der Waals surface area contributed by atoms with E-state index in [1.165, 1.54) is 16.2 Å². The van der Waals surface area contributed by atoms with E-state index in [1.807, 2.05) is 42.0 Å². The summed E-state index contributed by atoms with van der Waals surface area (Å²) in [4.78, 5) is 19.5. The number of urea groups is 1. The fourth-order valence-corrected chi connectivity index (χ4v) is 3.55. The zero-order chi connectivity index (χ0) is 15.7. The number of carbonyl (C=O) groups is 1. The Morgan fingerprint density at radius 1 is 1.41 bits per heavy atom. The maximum atomic E-state index is 13.2. The van der Waals surface area contributed by atoms with Crippen LogP contribution in [0.15, 0.2) is 35.5 Å². The average molecular weight is 431 g/mol. The lowest BCUT2D eigenvalue weighted by atomic mass is 10.3. The quantitative estimate of drug-likeness (QED) is 0.637. The monoisotopic (exact) mass is 431 g/mol. The molecule has 0 spiro atoms. The van der Waals surface area contributed by atoms with Crippen LogP contribution in [0.25, 0.3) is 5.69 Å². The number of benzene rings is 1. The molecule has 22 heavy (non-hydrogen) atoms. The Labute approximate surface area is 145 Å². The number of carbonyl (C=O) groups excluding carboxylic acids is 1. The third-order valence-corrected chi connectivity index (χ3v) is 5.08. The Morgan fingerprint density at radius 2 is 2.14 bits per heavy atom. The molecule has 0 unspecified atom stereocenters. The van der Waals surface area contributed by atoms with Crippen molar-refractivity contribution in [3.8, 4) is 5.69 Å². The number of rotatable bonds is 1. The molecule has 2 heterocycles. The summed E-state index contributed by atoms with van der Waals surface area (Å²) in [5, 5.41) is 0. The summed E-state index contributed by atoms with van der Waals surface area (Å²) in [7, 11) is 0. The summed E-state index contributed by atoms with van der Waals surface area (Å²) in [6, 6.07) is 7.64. The molecule has 0 radical (unpaired) electrons. The van der Waals surface area contributed by atoms with Crippen molar-refractivity contribution in [2.75, 3.05) is 13.1 Å². The zero-order valence-electron chi connectivity index (χ0n) is 12.0. The predicted octanol–water partition coefficient (Wildman–Crippen LogP) is 3.52. The average Bonchev–Trinajstić information content (AvgIpc) is 3.06. The number of halogens is 2. The molecule has 0 saturated carbocycles. The topological polar surface area (TPSA) is 37.6 Å². The number of hydrogen-bond donors (Lipinski definition) is 0.